The van der Waals surface area contributed by atoms with Gasteiger partial charge in [-0.25, -0.2) is 4.39 Å². The minimum absolute atomic E-state index is 0.216. The third-order valence-corrected chi connectivity index (χ3v) is 5.96. The second kappa shape index (κ2) is 5.69. The molecule has 0 amide bonds. The van der Waals surface area contributed by atoms with Crippen LogP contribution in [-0.2, 0) is 6.54 Å². The van der Waals surface area contributed by atoms with Crippen molar-refractivity contribution >= 4 is 54.5 Å². The molecule has 5 heteroatoms. The van der Waals surface area contributed by atoms with Crippen LogP contribution in [0, 0.1) is 12.2 Å². The standard InChI is InChI=1S/C17H10Br2FNS/c18-10-3-5-12(6-4-10)22-17-14-2-1-7-21(14)15-9-11(20)8-13(19)16(15)17/h3-6,8-9H,1,7H2. The van der Waals surface area contributed by atoms with Crippen molar-refractivity contribution in [3.63, 3.8) is 0 Å². The summed E-state index contributed by atoms with van der Waals surface area (Å²) in [7, 11) is 0. The number of aromatic nitrogens is 1. The molecule has 1 aromatic heterocycles. The van der Waals surface area contributed by atoms with Crippen LogP contribution < -0.4 is 0 Å². The zero-order valence-electron chi connectivity index (χ0n) is 11.4. The molecule has 0 fully saturated rings. The largest absolute Gasteiger partial charge is 0.343 e. The van der Waals surface area contributed by atoms with E-state index in [1.165, 1.54) is 6.07 Å². The molecule has 0 unspecified atom stereocenters. The Morgan fingerprint density at radius 3 is 2.68 bits per heavy atom. The predicted molar refractivity (Wildman–Crippen MR) is 94.8 cm³/mol. The van der Waals surface area contributed by atoms with Crippen LogP contribution in [0.15, 0.2) is 55.1 Å². The molecule has 1 aliphatic heterocycles. The summed E-state index contributed by atoms with van der Waals surface area (Å²) in [5.41, 5.74) is 2.01. The molecular formula is C17H10Br2FNS. The van der Waals surface area contributed by atoms with Gasteiger partial charge in [-0.3, -0.25) is 0 Å². The molecule has 0 bridgehead atoms. The van der Waals surface area contributed by atoms with Crippen molar-refractivity contribution in [2.24, 2.45) is 0 Å². The highest BCUT2D eigenvalue weighted by molar-refractivity contribution is 9.11. The quantitative estimate of drug-likeness (QED) is 0.455. The monoisotopic (exact) mass is 437 g/mol. The Morgan fingerprint density at radius 1 is 1.14 bits per heavy atom. The Hall–Kier alpha value is -0.780. The Morgan fingerprint density at radius 2 is 1.91 bits per heavy atom. The van der Waals surface area contributed by atoms with Crippen molar-refractivity contribution in [3.8, 4) is 0 Å². The lowest BCUT2D eigenvalue weighted by Crippen LogP contribution is -1.91. The fourth-order valence-corrected chi connectivity index (χ4v) is 4.89. The van der Waals surface area contributed by atoms with Gasteiger partial charge < -0.3 is 4.57 Å². The van der Waals surface area contributed by atoms with Gasteiger partial charge in [-0.2, -0.15) is 0 Å². The van der Waals surface area contributed by atoms with Crippen LogP contribution in [0.2, 0.25) is 0 Å². The maximum absolute atomic E-state index is 13.8. The van der Waals surface area contributed by atoms with Gasteiger partial charge in [-0.1, -0.05) is 27.7 Å². The van der Waals surface area contributed by atoms with Gasteiger partial charge in [-0.15, -0.1) is 0 Å². The summed E-state index contributed by atoms with van der Waals surface area (Å²) in [4.78, 5) is 2.30. The fourth-order valence-electron chi connectivity index (χ4n) is 2.77. The number of aryl methyl sites for hydroxylation is 1. The van der Waals surface area contributed by atoms with Gasteiger partial charge in [0.15, 0.2) is 0 Å². The van der Waals surface area contributed by atoms with Crippen molar-refractivity contribution in [1.82, 2.24) is 4.57 Å². The molecule has 110 valence electrons. The second-order valence-corrected chi connectivity index (χ2v) is 7.95. The maximum Gasteiger partial charge on any atom is 0.126 e. The lowest BCUT2D eigenvalue weighted by Gasteiger charge is -2.04. The molecule has 0 spiro atoms. The summed E-state index contributed by atoms with van der Waals surface area (Å²) >= 11 is 8.68. The molecule has 2 aromatic carbocycles. The van der Waals surface area contributed by atoms with Crippen LogP contribution in [-0.4, -0.2) is 4.57 Å². The summed E-state index contributed by atoms with van der Waals surface area (Å²) < 4.78 is 17.8. The molecule has 0 N–H and O–H groups in total. The Kier molecular flexibility index (Phi) is 3.83. The molecule has 2 heterocycles. The van der Waals surface area contributed by atoms with Crippen LogP contribution >= 0.6 is 43.6 Å². The summed E-state index contributed by atoms with van der Waals surface area (Å²) in [6, 6.07) is 11.4. The van der Waals surface area contributed by atoms with E-state index in [0.717, 1.165) is 48.3 Å². The summed E-state index contributed by atoms with van der Waals surface area (Å²) in [5.74, 6) is -0.216. The van der Waals surface area contributed by atoms with Gasteiger partial charge in [0.1, 0.15) is 5.82 Å². The maximum atomic E-state index is 13.8. The van der Waals surface area contributed by atoms with E-state index in [-0.39, 0.29) is 5.82 Å². The van der Waals surface area contributed by atoms with Crippen LogP contribution in [0.3, 0.4) is 0 Å². The van der Waals surface area contributed by atoms with Crippen molar-refractivity contribution in [3.05, 3.63) is 63.3 Å². The Bertz CT molecular complexity index is 871. The minimum Gasteiger partial charge on any atom is -0.343 e. The van der Waals surface area contributed by atoms with E-state index < -0.39 is 0 Å². The normalized spacial score (nSPS) is 13.8. The molecule has 0 atom stereocenters. The molecule has 2 radical (unpaired) electrons. The molecule has 1 nitrogen and oxygen atoms in total. The van der Waals surface area contributed by atoms with Crippen molar-refractivity contribution < 1.29 is 4.39 Å². The highest BCUT2D eigenvalue weighted by atomic mass is 79.9. The molecule has 3 aromatic rings. The first-order valence-corrected chi connectivity index (χ1v) is 9.22. The van der Waals surface area contributed by atoms with Crippen LogP contribution in [0.1, 0.15) is 12.1 Å². The van der Waals surface area contributed by atoms with Gasteiger partial charge >= 0.3 is 0 Å². The Labute approximate surface area is 149 Å². The SMILES string of the molecule is Fc1cc(Br)c2c(Sc3ccc(Br)cc3)c3n(c2c1)CC[C]3. The van der Waals surface area contributed by atoms with E-state index in [9.17, 15) is 4.39 Å². The van der Waals surface area contributed by atoms with E-state index in [1.54, 1.807) is 17.8 Å². The minimum atomic E-state index is -0.216. The average Bonchev–Trinajstić information content (AvgIpc) is 3.05. The first-order valence-electron chi connectivity index (χ1n) is 6.82. The molecule has 0 saturated heterocycles. The number of nitrogens with zero attached hydrogens (tertiary/aromatic N) is 1. The van der Waals surface area contributed by atoms with Gasteiger partial charge in [-0.05, 0) is 58.7 Å². The molecule has 0 saturated carbocycles. The molecule has 0 aliphatic carbocycles. The van der Waals surface area contributed by atoms with Crippen LogP contribution in [0.4, 0.5) is 4.39 Å². The summed E-state index contributed by atoms with van der Waals surface area (Å²) in [5, 5.41) is 1.07. The zero-order valence-corrected chi connectivity index (χ0v) is 15.4. The number of benzene rings is 2. The van der Waals surface area contributed by atoms with Crippen LogP contribution in [0.5, 0.6) is 0 Å². The molecule has 4 rings (SSSR count). The fraction of sp³-hybridized carbons (Fsp3) is 0.118. The topological polar surface area (TPSA) is 4.93 Å². The van der Waals surface area contributed by atoms with E-state index in [1.807, 2.05) is 12.1 Å². The van der Waals surface area contributed by atoms with Crippen molar-refractivity contribution in [1.29, 1.82) is 0 Å². The lowest BCUT2D eigenvalue weighted by atomic mass is 10.2. The Balaban J connectivity index is 1.91. The zero-order chi connectivity index (χ0) is 15.3. The second-order valence-electron chi connectivity index (χ2n) is 5.09. The third kappa shape index (κ3) is 2.43. The molecule has 22 heavy (non-hydrogen) atoms. The number of hydrogen-bond donors (Lipinski definition) is 0. The van der Waals surface area contributed by atoms with Crippen molar-refractivity contribution in [2.45, 2.75) is 22.8 Å². The van der Waals surface area contributed by atoms with Gasteiger partial charge in [0, 0.05) is 42.8 Å². The van der Waals surface area contributed by atoms with Crippen molar-refractivity contribution in [2.75, 3.05) is 0 Å². The third-order valence-electron chi connectivity index (χ3n) is 3.70. The van der Waals surface area contributed by atoms with E-state index in [4.69, 9.17) is 0 Å². The van der Waals surface area contributed by atoms with Gasteiger partial charge in [0.25, 0.3) is 0 Å². The smallest absolute Gasteiger partial charge is 0.126 e. The lowest BCUT2D eigenvalue weighted by molar-refractivity contribution is 0.627. The van der Waals surface area contributed by atoms with Gasteiger partial charge in [0.05, 0.1) is 5.52 Å². The predicted octanol–water partition coefficient (Wildman–Crippen LogP) is 6.29. The summed E-state index contributed by atoms with van der Waals surface area (Å²) in [6.45, 7) is 0.864. The first-order chi connectivity index (χ1) is 10.6. The van der Waals surface area contributed by atoms with E-state index in [0.29, 0.717) is 0 Å². The highest BCUT2D eigenvalue weighted by Gasteiger charge is 2.24. The van der Waals surface area contributed by atoms with Gasteiger partial charge in [0.2, 0.25) is 0 Å². The molecule has 1 aliphatic rings. The van der Waals surface area contributed by atoms with E-state index >= 15 is 0 Å². The number of halogens is 3. The number of fused-ring (bicyclic) bond motifs is 3. The van der Waals surface area contributed by atoms with E-state index in [2.05, 4.69) is 55.0 Å². The molecular weight excluding hydrogens is 429 g/mol. The number of hydrogen-bond acceptors (Lipinski definition) is 1. The number of rotatable bonds is 2. The highest BCUT2D eigenvalue weighted by Crippen LogP contribution is 2.44. The van der Waals surface area contributed by atoms with Crippen LogP contribution in [0.25, 0.3) is 10.9 Å². The summed E-state index contributed by atoms with van der Waals surface area (Å²) in [6.07, 6.45) is 4.31. The first kappa shape index (κ1) is 14.8. The average molecular weight is 439 g/mol.